The summed E-state index contributed by atoms with van der Waals surface area (Å²) in [4.78, 5) is 0. The van der Waals surface area contributed by atoms with Crippen LogP contribution in [0.5, 0.6) is 0 Å². The van der Waals surface area contributed by atoms with Crippen molar-refractivity contribution in [1.82, 2.24) is 5.32 Å². The standard InChI is InChI=1S/C8H11N.C8H10.C4H10O.C3H8/c1-9-7-8-5-3-2-4-6-8;1-2-8-6-4-3-5-7-8;1-3-5-4-2;1-3-2/h2-6,9H,7H2,1H3;3-7H,2H2,1H3;3-4H2,1-2H3;3H2,1-2H3. The van der Waals surface area contributed by atoms with Crippen LogP contribution in [0.2, 0.25) is 0 Å². The van der Waals surface area contributed by atoms with E-state index in [1.807, 2.05) is 45.2 Å². The predicted molar refractivity (Wildman–Crippen MR) is 113 cm³/mol. The lowest BCUT2D eigenvalue weighted by atomic mass is 10.2. The van der Waals surface area contributed by atoms with Crippen molar-refractivity contribution >= 4 is 0 Å². The first-order chi connectivity index (χ1) is 12.2. The largest absolute Gasteiger partial charge is 0.382 e. The van der Waals surface area contributed by atoms with E-state index in [1.54, 1.807) is 0 Å². The second-order valence-corrected chi connectivity index (χ2v) is 5.34. The summed E-state index contributed by atoms with van der Waals surface area (Å²) in [5.41, 5.74) is 2.74. The number of rotatable bonds is 5. The lowest BCUT2D eigenvalue weighted by Crippen LogP contribution is -2.04. The van der Waals surface area contributed by atoms with Crippen LogP contribution in [0.1, 0.15) is 52.2 Å². The van der Waals surface area contributed by atoms with Gasteiger partial charge in [0.15, 0.2) is 0 Å². The Morgan fingerprint density at radius 3 is 1.32 bits per heavy atom. The van der Waals surface area contributed by atoms with Crippen molar-refractivity contribution in [1.29, 1.82) is 0 Å². The summed E-state index contributed by atoms with van der Waals surface area (Å²) >= 11 is 0. The van der Waals surface area contributed by atoms with Crippen LogP contribution >= 0.6 is 0 Å². The van der Waals surface area contributed by atoms with E-state index in [0.29, 0.717) is 0 Å². The van der Waals surface area contributed by atoms with Gasteiger partial charge in [0.1, 0.15) is 0 Å². The molecule has 142 valence electrons. The third kappa shape index (κ3) is 20.3. The Labute approximate surface area is 156 Å². The minimum Gasteiger partial charge on any atom is -0.382 e. The van der Waals surface area contributed by atoms with E-state index in [9.17, 15) is 0 Å². The topological polar surface area (TPSA) is 21.3 Å². The third-order valence-electron chi connectivity index (χ3n) is 2.88. The minimum absolute atomic E-state index is 0.844. The van der Waals surface area contributed by atoms with Crippen molar-refractivity contribution in [3.63, 3.8) is 0 Å². The van der Waals surface area contributed by atoms with Crippen LogP contribution in [-0.2, 0) is 17.7 Å². The van der Waals surface area contributed by atoms with Crippen molar-refractivity contribution in [2.45, 2.75) is 54.0 Å². The van der Waals surface area contributed by atoms with Gasteiger partial charge in [0.25, 0.3) is 0 Å². The van der Waals surface area contributed by atoms with Gasteiger partial charge in [-0.1, -0.05) is 87.9 Å². The number of nitrogens with one attached hydrogen (secondary N) is 1. The molecule has 0 amide bonds. The first kappa shape index (κ1) is 25.6. The Balaban J connectivity index is 0. The van der Waals surface area contributed by atoms with Crippen molar-refractivity contribution in [2.24, 2.45) is 0 Å². The first-order valence-corrected chi connectivity index (χ1v) is 9.49. The molecule has 0 saturated carbocycles. The molecule has 0 atom stereocenters. The van der Waals surface area contributed by atoms with Crippen LogP contribution in [-0.4, -0.2) is 20.3 Å². The first-order valence-electron chi connectivity index (χ1n) is 9.49. The lowest BCUT2D eigenvalue weighted by Gasteiger charge is -1.95. The molecule has 1 N–H and O–H groups in total. The second-order valence-electron chi connectivity index (χ2n) is 5.34. The molecule has 0 spiro atoms. The van der Waals surface area contributed by atoms with Gasteiger partial charge in [-0.2, -0.15) is 0 Å². The predicted octanol–water partition coefficient (Wildman–Crippen LogP) is 6.11. The van der Waals surface area contributed by atoms with Crippen LogP contribution < -0.4 is 5.32 Å². The monoisotopic (exact) mass is 345 g/mol. The molecule has 0 aliphatic rings. The van der Waals surface area contributed by atoms with E-state index in [1.165, 1.54) is 17.5 Å². The molecule has 0 aliphatic heterocycles. The third-order valence-corrected chi connectivity index (χ3v) is 2.88. The Kier molecular flexibility index (Phi) is 22.9. The minimum atomic E-state index is 0.844. The summed E-state index contributed by atoms with van der Waals surface area (Å²) in [6.07, 6.45) is 2.39. The van der Waals surface area contributed by atoms with Crippen LogP contribution in [0.3, 0.4) is 0 Å². The SMILES string of the molecule is CCC.CCOCC.CCc1ccccc1.CNCc1ccccc1. The van der Waals surface area contributed by atoms with Gasteiger partial charge in [-0.3, -0.25) is 0 Å². The van der Waals surface area contributed by atoms with Gasteiger partial charge in [0, 0.05) is 19.8 Å². The van der Waals surface area contributed by atoms with E-state index in [-0.39, 0.29) is 0 Å². The molecule has 0 aromatic heterocycles. The molecule has 0 bridgehead atoms. The van der Waals surface area contributed by atoms with Crippen LogP contribution in [0.25, 0.3) is 0 Å². The molecule has 0 unspecified atom stereocenters. The molecule has 0 aliphatic carbocycles. The maximum absolute atomic E-state index is 4.83. The highest BCUT2D eigenvalue weighted by Gasteiger charge is 1.83. The van der Waals surface area contributed by atoms with Gasteiger partial charge < -0.3 is 10.1 Å². The summed E-state index contributed by atoms with van der Waals surface area (Å²) < 4.78 is 4.83. The summed E-state index contributed by atoms with van der Waals surface area (Å²) in [7, 11) is 1.95. The number of benzene rings is 2. The van der Waals surface area contributed by atoms with Crippen molar-refractivity contribution in [3.8, 4) is 0 Å². The van der Waals surface area contributed by atoms with E-state index in [0.717, 1.165) is 26.2 Å². The van der Waals surface area contributed by atoms with Crippen LogP contribution in [0.4, 0.5) is 0 Å². The molecule has 0 heterocycles. The highest BCUT2D eigenvalue weighted by molar-refractivity contribution is 5.14. The highest BCUT2D eigenvalue weighted by Crippen LogP contribution is 1.97. The van der Waals surface area contributed by atoms with Crippen molar-refractivity contribution < 1.29 is 4.74 Å². The Hall–Kier alpha value is -1.64. The molecule has 2 nitrogen and oxygen atoms in total. The van der Waals surface area contributed by atoms with Crippen LogP contribution in [0, 0.1) is 0 Å². The van der Waals surface area contributed by atoms with Crippen molar-refractivity contribution in [2.75, 3.05) is 20.3 Å². The second kappa shape index (κ2) is 22.4. The maximum atomic E-state index is 4.83. The zero-order valence-electron chi connectivity index (χ0n) is 17.2. The number of hydrogen-bond acceptors (Lipinski definition) is 2. The fourth-order valence-electron chi connectivity index (χ4n) is 1.72. The summed E-state index contributed by atoms with van der Waals surface area (Å²) in [5.74, 6) is 0. The number of ether oxygens (including phenoxy) is 1. The molecular weight excluding hydrogens is 306 g/mol. The zero-order valence-corrected chi connectivity index (χ0v) is 17.2. The normalized spacial score (nSPS) is 8.72. The van der Waals surface area contributed by atoms with E-state index in [2.05, 4.69) is 62.5 Å². The fourth-order valence-corrected chi connectivity index (χ4v) is 1.72. The summed E-state index contributed by atoms with van der Waals surface area (Å²) in [6, 6.07) is 20.8. The lowest BCUT2D eigenvalue weighted by molar-refractivity contribution is 0.162. The highest BCUT2D eigenvalue weighted by atomic mass is 16.5. The average Bonchev–Trinajstić information content (AvgIpc) is 2.66. The van der Waals surface area contributed by atoms with E-state index >= 15 is 0 Å². The maximum Gasteiger partial charge on any atom is 0.0437 e. The van der Waals surface area contributed by atoms with Gasteiger partial charge in [-0.25, -0.2) is 0 Å². The Morgan fingerprint density at radius 2 is 1.08 bits per heavy atom. The molecule has 0 radical (unpaired) electrons. The van der Waals surface area contributed by atoms with E-state index < -0.39 is 0 Å². The van der Waals surface area contributed by atoms with Gasteiger partial charge in [-0.05, 0) is 38.4 Å². The van der Waals surface area contributed by atoms with Crippen molar-refractivity contribution in [3.05, 3.63) is 71.8 Å². The molecule has 0 saturated heterocycles. The van der Waals surface area contributed by atoms with Gasteiger partial charge in [0.2, 0.25) is 0 Å². The molecule has 2 aromatic carbocycles. The molecule has 2 rings (SSSR count). The number of hydrogen-bond donors (Lipinski definition) is 1. The summed E-state index contributed by atoms with van der Waals surface area (Å²) in [5, 5.41) is 3.08. The Morgan fingerprint density at radius 1 is 0.680 bits per heavy atom. The van der Waals surface area contributed by atoms with Gasteiger partial charge in [-0.15, -0.1) is 0 Å². The van der Waals surface area contributed by atoms with Gasteiger partial charge in [0.05, 0.1) is 0 Å². The zero-order chi connectivity index (χ0) is 19.2. The average molecular weight is 346 g/mol. The molecule has 25 heavy (non-hydrogen) atoms. The number of aryl methyl sites for hydroxylation is 1. The molecule has 2 aromatic rings. The molecular formula is C23H39NO. The quantitative estimate of drug-likeness (QED) is 0.705. The molecule has 0 fully saturated rings. The summed E-state index contributed by atoms with van der Waals surface area (Å²) in [6.45, 7) is 13.0. The van der Waals surface area contributed by atoms with Gasteiger partial charge >= 0.3 is 0 Å². The van der Waals surface area contributed by atoms with Crippen LogP contribution in [0.15, 0.2) is 60.7 Å². The Bertz CT molecular complexity index is 440. The van der Waals surface area contributed by atoms with E-state index in [4.69, 9.17) is 4.74 Å². The molecule has 2 heteroatoms. The fraction of sp³-hybridized carbons (Fsp3) is 0.478. The smallest absolute Gasteiger partial charge is 0.0437 e.